The summed E-state index contributed by atoms with van der Waals surface area (Å²) >= 11 is 0. The third-order valence-electron chi connectivity index (χ3n) is 8.69. The molecule has 1 saturated carbocycles. The lowest BCUT2D eigenvalue weighted by atomic mass is 9.98. The second-order valence-corrected chi connectivity index (χ2v) is 11.9. The minimum atomic E-state index is -0.257. The van der Waals surface area contributed by atoms with Crippen LogP contribution in [-0.4, -0.2) is 39.3 Å². The average molecular weight is 601 g/mol. The molecule has 0 unspecified atom stereocenters. The van der Waals surface area contributed by atoms with Crippen molar-refractivity contribution < 1.29 is 0 Å². The standard InChI is InChI=1S/C35H36N8O2/c1-2-3-13-30-36-33-31(34(44)43(23-25-14-15-25)35(45)41(33)21-20-24-9-5-4-6-10-24)42(30)22-26-16-18-27(19-17-26)28-11-7-8-12-29(28)32-37-39-40-38-32/h4-12,16-19,25H,2-3,13-15,20-23H2,1H3,(H,37,38,39,40). The molecule has 0 saturated heterocycles. The Morgan fingerprint density at radius 1 is 0.822 bits per heavy atom. The maximum atomic E-state index is 14.1. The van der Waals surface area contributed by atoms with Crippen molar-refractivity contribution in [1.82, 2.24) is 39.3 Å². The number of nitrogens with one attached hydrogen (secondary N) is 1. The Labute approximate surface area is 260 Å². The van der Waals surface area contributed by atoms with E-state index in [-0.39, 0.29) is 11.2 Å². The molecule has 1 N–H and O–H groups in total. The maximum absolute atomic E-state index is 14.1. The summed E-state index contributed by atoms with van der Waals surface area (Å²) in [4.78, 5) is 32.9. The Morgan fingerprint density at radius 2 is 1.58 bits per heavy atom. The molecule has 0 radical (unpaired) electrons. The Morgan fingerprint density at radius 3 is 2.29 bits per heavy atom. The van der Waals surface area contributed by atoms with Crippen molar-refractivity contribution in [1.29, 1.82) is 0 Å². The first-order valence-electron chi connectivity index (χ1n) is 15.8. The van der Waals surface area contributed by atoms with Crippen molar-refractivity contribution in [3.8, 4) is 22.5 Å². The van der Waals surface area contributed by atoms with Gasteiger partial charge in [0, 0.05) is 31.6 Å². The van der Waals surface area contributed by atoms with Gasteiger partial charge in [0.1, 0.15) is 5.82 Å². The summed E-state index contributed by atoms with van der Waals surface area (Å²) < 4.78 is 5.25. The van der Waals surface area contributed by atoms with Gasteiger partial charge in [0.25, 0.3) is 5.56 Å². The molecule has 3 aromatic carbocycles. The lowest BCUT2D eigenvalue weighted by molar-refractivity contribution is 0.534. The highest BCUT2D eigenvalue weighted by Crippen LogP contribution is 2.31. The van der Waals surface area contributed by atoms with Gasteiger partial charge in [0.05, 0.1) is 0 Å². The molecule has 0 spiro atoms. The summed E-state index contributed by atoms with van der Waals surface area (Å²) in [6, 6.07) is 26.5. The van der Waals surface area contributed by atoms with E-state index in [1.54, 1.807) is 4.57 Å². The van der Waals surface area contributed by atoms with Gasteiger partial charge in [0.15, 0.2) is 17.0 Å². The van der Waals surface area contributed by atoms with E-state index in [2.05, 4.69) is 74.6 Å². The summed E-state index contributed by atoms with van der Waals surface area (Å²) in [5.41, 5.74) is 5.67. The minimum absolute atomic E-state index is 0.237. The fourth-order valence-electron chi connectivity index (χ4n) is 6.03. The highest BCUT2D eigenvalue weighted by Gasteiger charge is 2.27. The molecular weight excluding hydrogens is 564 g/mol. The third kappa shape index (κ3) is 5.87. The SMILES string of the molecule is CCCCc1nc2c(c(=O)n(CC3CC3)c(=O)n2CCc2ccccc2)n1Cc1ccc(-c2ccccc2-c2nnn[nH]2)cc1. The zero-order valence-corrected chi connectivity index (χ0v) is 25.4. The zero-order valence-electron chi connectivity index (χ0n) is 25.4. The zero-order chi connectivity index (χ0) is 30.8. The van der Waals surface area contributed by atoms with Crippen LogP contribution in [0.25, 0.3) is 33.7 Å². The van der Waals surface area contributed by atoms with Crippen molar-refractivity contribution in [2.75, 3.05) is 0 Å². The third-order valence-corrected chi connectivity index (χ3v) is 8.69. The Bertz CT molecular complexity index is 2040. The monoisotopic (exact) mass is 600 g/mol. The molecule has 6 aromatic rings. The molecule has 7 rings (SSSR count). The summed E-state index contributed by atoms with van der Waals surface area (Å²) in [5, 5.41) is 14.4. The number of benzene rings is 3. The van der Waals surface area contributed by atoms with Crippen molar-refractivity contribution >= 4 is 11.2 Å². The normalized spacial score (nSPS) is 13.1. The van der Waals surface area contributed by atoms with Crippen molar-refractivity contribution in [3.63, 3.8) is 0 Å². The molecule has 228 valence electrons. The van der Waals surface area contributed by atoms with E-state index in [9.17, 15) is 9.59 Å². The van der Waals surface area contributed by atoms with Crippen LogP contribution in [0.2, 0.25) is 0 Å². The molecule has 1 aliphatic rings. The first-order chi connectivity index (χ1) is 22.1. The fourth-order valence-corrected chi connectivity index (χ4v) is 6.03. The van der Waals surface area contributed by atoms with Crippen LogP contribution in [-0.2, 0) is 32.5 Å². The fraction of sp³-hybridized carbons (Fsp3) is 0.314. The molecule has 1 aliphatic carbocycles. The number of nitrogens with zero attached hydrogens (tertiary/aromatic N) is 7. The number of H-pyrrole nitrogens is 1. The first kappa shape index (κ1) is 28.6. The number of hydrogen-bond donors (Lipinski definition) is 1. The molecule has 10 heteroatoms. The molecule has 3 aromatic heterocycles. The van der Waals surface area contributed by atoms with Crippen molar-refractivity contribution in [2.45, 2.75) is 65.1 Å². The second kappa shape index (κ2) is 12.5. The molecule has 1 fully saturated rings. The summed E-state index contributed by atoms with van der Waals surface area (Å²) in [7, 11) is 0. The topological polar surface area (TPSA) is 116 Å². The van der Waals surface area contributed by atoms with E-state index in [4.69, 9.17) is 4.98 Å². The van der Waals surface area contributed by atoms with Crippen LogP contribution in [0, 0.1) is 5.92 Å². The number of aryl methyl sites for hydroxylation is 3. The van der Waals surface area contributed by atoms with E-state index in [1.807, 2.05) is 36.4 Å². The molecule has 0 bridgehead atoms. The molecular formula is C35H36N8O2. The number of hydrogen-bond acceptors (Lipinski definition) is 6. The van der Waals surface area contributed by atoms with E-state index in [0.717, 1.165) is 65.7 Å². The van der Waals surface area contributed by atoms with Crippen LogP contribution in [0.4, 0.5) is 0 Å². The number of imidazole rings is 1. The Kier molecular flexibility index (Phi) is 7.94. The van der Waals surface area contributed by atoms with E-state index >= 15 is 0 Å². The largest absolute Gasteiger partial charge is 0.332 e. The van der Waals surface area contributed by atoms with E-state index in [0.29, 0.717) is 49.0 Å². The second-order valence-electron chi connectivity index (χ2n) is 11.9. The average Bonchev–Trinajstić information content (AvgIpc) is 3.59. The maximum Gasteiger partial charge on any atom is 0.332 e. The predicted molar refractivity (Wildman–Crippen MR) is 174 cm³/mol. The van der Waals surface area contributed by atoms with Gasteiger partial charge in [-0.1, -0.05) is 92.2 Å². The number of aromatic amines is 1. The molecule has 0 atom stereocenters. The first-order valence-corrected chi connectivity index (χ1v) is 15.8. The van der Waals surface area contributed by atoms with Gasteiger partial charge in [0.2, 0.25) is 0 Å². The van der Waals surface area contributed by atoms with Gasteiger partial charge in [-0.3, -0.25) is 13.9 Å². The molecule has 45 heavy (non-hydrogen) atoms. The highest BCUT2D eigenvalue weighted by atomic mass is 16.2. The summed E-state index contributed by atoms with van der Waals surface area (Å²) in [6.07, 6.45) is 5.47. The number of unbranched alkanes of at least 4 members (excludes halogenated alkanes) is 1. The minimum Gasteiger partial charge on any atom is -0.318 e. The van der Waals surface area contributed by atoms with Crippen LogP contribution >= 0.6 is 0 Å². The van der Waals surface area contributed by atoms with Crippen LogP contribution in [0.1, 0.15) is 49.6 Å². The van der Waals surface area contributed by atoms with Crippen LogP contribution in [0.5, 0.6) is 0 Å². The van der Waals surface area contributed by atoms with Gasteiger partial charge < -0.3 is 4.57 Å². The lowest BCUT2D eigenvalue weighted by Crippen LogP contribution is -2.41. The van der Waals surface area contributed by atoms with Crippen molar-refractivity contribution in [3.05, 3.63) is 117 Å². The number of aromatic nitrogens is 8. The Hall–Kier alpha value is -5.12. The quantitative estimate of drug-likeness (QED) is 0.205. The number of rotatable bonds is 12. The summed E-state index contributed by atoms with van der Waals surface area (Å²) in [6.45, 7) is 3.56. The Balaban J connectivity index is 1.29. The van der Waals surface area contributed by atoms with Gasteiger partial charge in [-0.2, -0.15) is 0 Å². The number of fused-ring (bicyclic) bond motifs is 1. The smallest absolute Gasteiger partial charge is 0.318 e. The van der Waals surface area contributed by atoms with Crippen molar-refractivity contribution in [2.24, 2.45) is 5.92 Å². The molecule has 3 heterocycles. The van der Waals surface area contributed by atoms with Crippen LogP contribution in [0.3, 0.4) is 0 Å². The lowest BCUT2D eigenvalue weighted by Gasteiger charge is -2.14. The molecule has 0 amide bonds. The van der Waals surface area contributed by atoms with Gasteiger partial charge in [-0.15, -0.1) is 5.10 Å². The predicted octanol–water partition coefficient (Wildman–Crippen LogP) is 5.25. The van der Waals surface area contributed by atoms with Gasteiger partial charge in [-0.05, 0) is 64.3 Å². The van der Waals surface area contributed by atoms with E-state index < -0.39 is 0 Å². The molecule has 0 aliphatic heterocycles. The molecule has 10 nitrogen and oxygen atoms in total. The van der Waals surface area contributed by atoms with Crippen LogP contribution in [0.15, 0.2) is 88.5 Å². The van der Waals surface area contributed by atoms with E-state index in [1.165, 1.54) is 4.57 Å². The highest BCUT2D eigenvalue weighted by molar-refractivity contribution is 5.80. The number of tetrazole rings is 1. The summed E-state index contributed by atoms with van der Waals surface area (Å²) in [5.74, 6) is 1.84. The van der Waals surface area contributed by atoms with Gasteiger partial charge in [-0.25, -0.2) is 14.9 Å². The van der Waals surface area contributed by atoms with Gasteiger partial charge >= 0.3 is 5.69 Å². The van der Waals surface area contributed by atoms with Crippen LogP contribution < -0.4 is 11.2 Å².